The zero-order chi connectivity index (χ0) is 16.2. The second-order valence-electron chi connectivity index (χ2n) is 5.92. The SMILES string of the molecule is CC(C)c1nnc(NC(=O)C2CCCN(c3ncccn3)C2)s1. The molecule has 0 aromatic carbocycles. The maximum atomic E-state index is 12.5. The van der Waals surface area contributed by atoms with E-state index in [-0.39, 0.29) is 11.8 Å². The standard InChI is InChI=1S/C15H20N6OS/c1-10(2)13-19-20-15(23-13)18-12(22)11-5-3-8-21(9-11)14-16-6-4-7-17-14/h4,6-7,10-11H,3,5,8-9H2,1-2H3,(H,18,20,22). The molecule has 3 rings (SSSR count). The number of nitrogens with zero attached hydrogens (tertiary/aromatic N) is 5. The first-order valence-electron chi connectivity index (χ1n) is 7.79. The molecule has 1 atom stereocenters. The van der Waals surface area contributed by atoms with Crippen molar-refractivity contribution in [3.05, 3.63) is 23.5 Å². The van der Waals surface area contributed by atoms with Crippen LogP contribution in [0, 0.1) is 5.92 Å². The van der Waals surface area contributed by atoms with Crippen LogP contribution in [0.4, 0.5) is 11.1 Å². The quantitative estimate of drug-likeness (QED) is 0.925. The fourth-order valence-corrected chi connectivity index (χ4v) is 3.30. The summed E-state index contributed by atoms with van der Waals surface area (Å²) in [5, 5.41) is 12.6. The van der Waals surface area contributed by atoms with Gasteiger partial charge in [-0.2, -0.15) is 0 Å². The van der Waals surface area contributed by atoms with Crippen molar-refractivity contribution in [2.24, 2.45) is 5.92 Å². The van der Waals surface area contributed by atoms with Gasteiger partial charge in [0.25, 0.3) is 0 Å². The Kier molecular flexibility index (Phi) is 4.80. The average Bonchev–Trinajstić information content (AvgIpc) is 3.04. The van der Waals surface area contributed by atoms with Crippen LogP contribution >= 0.6 is 11.3 Å². The Morgan fingerprint density at radius 1 is 1.35 bits per heavy atom. The van der Waals surface area contributed by atoms with Gasteiger partial charge in [-0.1, -0.05) is 25.2 Å². The van der Waals surface area contributed by atoms with Crippen LogP contribution in [0.1, 0.15) is 37.6 Å². The highest BCUT2D eigenvalue weighted by Gasteiger charge is 2.27. The Morgan fingerprint density at radius 2 is 2.13 bits per heavy atom. The smallest absolute Gasteiger partial charge is 0.231 e. The number of aromatic nitrogens is 4. The number of hydrogen-bond donors (Lipinski definition) is 1. The molecule has 0 bridgehead atoms. The van der Waals surface area contributed by atoms with Gasteiger partial charge >= 0.3 is 0 Å². The fraction of sp³-hybridized carbons (Fsp3) is 0.533. The van der Waals surface area contributed by atoms with Crippen LogP contribution in [-0.4, -0.2) is 39.2 Å². The average molecular weight is 332 g/mol. The summed E-state index contributed by atoms with van der Waals surface area (Å²) < 4.78 is 0. The molecule has 8 heteroatoms. The van der Waals surface area contributed by atoms with E-state index in [2.05, 4.69) is 44.2 Å². The molecule has 0 aliphatic carbocycles. The van der Waals surface area contributed by atoms with E-state index in [1.54, 1.807) is 18.5 Å². The topological polar surface area (TPSA) is 83.9 Å². The first kappa shape index (κ1) is 15.8. The molecule has 0 spiro atoms. The summed E-state index contributed by atoms with van der Waals surface area (Å²) in [5.41, 5.74) is 0. The van der Waals surface area contributed by atoms with Gasteiger partial charge in [0.05, 0.1) is 5.92 Å². The summed E-state index contributed by atoms with van der Waals surface area (Å²) in [6.45, 7) is 5.63. The number of carbonyl (C=O) groups excluding carboxylic acids is 1. The molecular formula is C15H20N6OS. The van der Waals surface area contributed by atoms with Crippen LogP contribution in [0.3, 0.4) is 0 Å². The number of anilines is 2. The minimum Gasteiger partial charge on any atom is -0.340 e. The Balaban J connectivity index is 1.62. The van der Waals surface area contributed by atoms with Crippen LogP contribution < -0.4 is 10.2 Å². The van der Waals surface area contributed by atoms with Crippen LogP contribution in [0.15, 0.2) is 18.5 Å². The molecule has 1 amide bonds. The van der Waals surface area contributed by atoms with Crippen LogP contribution in [0.25, 0.3) is 0 Å². The van der Waals surface area contributed by atoms with Crippen molar-refractivity contribution < 1.29 is 4.79 Å². The van der Waals surface area contributed by atoms with Crippen molar-refractivity contribution in [1.29, 1.82) is 0 Å². The first-order valence-corrected chi connectivity index (χ1v) is 8.61. The maximum absolute atomic E-state index is 12.5. The minimum absolute atomic E-state index is 0.00270. The summed E-state index contributed by atoms with van der Waals surface area (Å²) in [5.74, 6) is 0.914. The Labute approximate surface area is 139 Å². The molecule has 2 aromatic heterocycles. The summed E-state index contributed by atoms with van der Waals surface area (Å²) >= 11 is 1.44. The Morgan fingerprint density at radius 3 is 2.83 bits per heavy atom. The van der Waals surface area contributed by atoms with Crippen LogP contribution in [0.5, 0.6) is 0 Å². The van der Waals surface area contributed by atoms with Crippen LogP contribution in [-0.2, 0) is 4.79 Å². The molecule has 2 aromatic rings. The van der Waals surface area contributed by atoms with Gasteiger partial charge in [-0.3, -0.25) is 4.79 Å². The molecular weight excluding hydrogens is 312 g/mol. The molecule has 122 valence electrons. The van der Waals surface area contributed by atoms with Gasteiger partial charge in [0.1, 0.15) is 5.01 Å². The first-order chi connectivity index (χ1) is 11.1. The molecule has 3 heterocycles. The van der Waals surface area contributed by atoms with Gasteiger partial charge in [0, 0.05) is 31.4 Å². The lowest BCUT2D eigenvalue weighted by Gasteiger charge is -2.31. The molecule has 0 saturated carbocycles. The summed E-state index contributed by atoms with van der Waals surface area (Å²) in [4.78, 5) is 23.1. The summed E-state index contributed by atoms with van der Waals surface area (Å²) in [6.07, 6.45) is 5.26. The van der Waals surface area contributed by atoms with Gasteiger partial charge in [0.2, 0.25) is 17.0 Å². The highest BCUT2D eigenvalue weighted by molar-refractivity contribution is 7.15. The molecule has 7 nitrogen and oxygen atoms in total. The van der Waals surface area contributed by atoms with Gasteiger partial charge in [-0.05, 0) is 18.9 Å². The van der Waals surface area contributed by atoms with Crippen molar-refractivity contribution in [3.63, 3.8) is 0 Å². The Bertz CT molecular complexity index is 659. The van der Waals surface area contributed by atoms with Gasteiger partial charge in [-0.15, -0.1) is 10.2 Å². The van der Waals surface area contributed by atoms with Gasteiger partial charge in [-0.25, -0.2) is 9.97 Å². The number of piperidine rings is 1. The number of carbonyl (C=O) groups is 1. The maximum Gasteiger partial charge on any atom is 0.231 e. The van der Waals surface area contributed by atoms with E-state index < -0.39 is 0 Å². The number of rotatable bonds is 4. The van der Waals surface area contributed by atoms with Crippen molar-refractivity contribution in [1.82, 2.24) is 20.2 Å². The number of amides is 1. The summed E-state index contributed by atoms with van der Waals surface area (Å²) in [7, 11) is 0. The van der Waals surface area contributed by atoms with E-state index in [0.717, 1.165) is 24.4 Å². The third kappa shape index (κ3) is 3.82. The number of nitrogens with one attached hydrogen (secondary N) is 1. The highest BCUT2D eigenvalue weighted by atomic mass is 32.1. The van der Waals surface area contributed by atoms with Crippen molar-refractivity contribution >= 4 is 28.3 Å². The van der Waals surface area contributed by atoms with E-state index in [1.165, 1.54) is 11.3 Å². The molecule has 1 N–H and O–H groups in total. The zero-order valence-electron chi connectivity index (χ0n) is 13.3. The highest BCUT2D eigenvalue weighted by Crippen LogP contribution is 2.25. The largest absolute Gasteiger partial charge is 0.340 e. The molecule has 1 aliphatic heterocycles. The monoisotopic (exact) mass is 332 g/mol. The lowest BCUT2D eigenvalue weighted by Crippen LogP contribution is -2.41. The van der Waals surface area contributed by atoms with E-state index >= 15 is 0 Å². The van der Waals surface area contributed by atoms with E-state index in [9.17, 15) is 4.79 Å². The lowest BCUT2D eigenvalue weighted by molar-refractivity contribution is -0.120. The van der Waals surface area contributed by atoms with Crippen molar-refractivity contribution in [2.75, 3.05) is 23.3 Å². The molecule has 23 heavy (non-hydrogen) atoms. The van der Waals surface area contributed by atoms with Crippen LogP contribution in [0.2, 0.25) is 0 Å². The molecule has 1 fully saturated rings. The number of hydrogen-bond acceptors (Lipinski definition) is 7. The second kappa shape index (κ2) is 6.99. The normalized spacial score (nSPS) is 18.2. The van der Waals surface area contributed by atoms with Crippen molar-refractivity contribution in [3.8, 4) is 0 Å². The van der Waals surface area contributed by atoms with Gasteiger partial charge < -0.3 is 10.2 Å². The summed E-state index contributed by atoms with van der Waals surface area (Å²) in [6, 6.07) is 1.79. The third-order valence-corrected chi connectivity index (χ3v) is 4.93. The minimum atomic E-state index is -0.0843. The Hall–Kier alpha value is -2.09. The van der Waals surface area contributed by atoms with E-state index in [1.807, 2.05) is 0 Å². The molecule has 0 radical (unpaired) electrons. The van der Waals surface area contributed by atoms with E-state index in [4.69, 9.17) is 0 Å². The van der Waals surface area contributed by atoms with Gasteiger partial charge in [0.15, 0.2) is 0 Å². The molecule has 1 aliphatic rings. The predicted molar refractivity (Wildman–Crippen MR) is 89.6 cm³/mol. The lowest BCUT2D eigenvalue weighted by atomic mass is 9.97. The zero-order valence-corrected chi connectivity index (χ0v) is 14.1. The molecule has 1 saturated heterocycles. The van der Waals surface area contributed by atoms with Crippen molar-refractivity contribution in [2.45, 2.75) is 32.6 Å². The van der Waals surface area contributed by atoms with E-state index in [0.29, 0.717) is 23.5 Å². The predicted octanol–water partition coefficient (Wildman–Crippen LogP) is 2.31. The third-order valence-electron chi connectivity index (χ3n) is 3.79. The fourth-order valence-electron chi connectivity index (χ4n) is 2.55. The molecule has 1 unspecified atom stereocenters. The second-order valence-corrected chi connectivity index (χ2v) is 6.93.